The molecule has 1 saturated heterocycles. The summed E-state index contributed by atoms with van der Waals surface area (Å²) in [4.78, 5) is 2.40. The van der Waals surface area contributed by atoms with Crippen LogP contribution in [0.25, 0.3) is 0 Å². The largest absolute Gasteiger partial charge is 0.506 e. The van der Waals surface area contributed by atoms with Crippen LogP contribution in [0.5, 0.6) is 5.75 Å². The second-order valence-electron chi connectivity index (χ2n) is 4.89. The Kier molecular flexibility index (Phi) is 5.34. The van der Waals surface area contributed by atoms with Crippen molar-refractivity contribution in [2.45, 2.75) is 25.8 Å². The molecule has 1 aliphatic heterocycles. The van der Waals surface area contributed by atoms with Gasteiger partial charge in [0.25, 0.3) is 0 Å². The molecule has 1 atom stereocenters. The Hall–Kier alpha value is -0.480. The summed E-state index contributed by atoms with van der Waals surface area (Å²) in [6, 6.07) is 3.87. The van der Waals surface area contributed by atoms with Gasteiger partial charge in [-0.15, -0.1) is 0 Å². The van der Waals surface area contributed by atoms with Crippen molar-refractivity contribution in [3.05, 3.63) is 27.7 Å². The third-order valence-electron chi connectivity index (χ3n) is 3.61. The number of piperazine rings is 1. The number of nitrogens with zero attached hydrogens (tertiary/aromatic N) is 1. The van der Waals surface area contributed by atoms with Crippen molar-refractivity contribution in [1.82, 2.24) is 10.2 Å². The monoisotopic (exact) mass is 302 g/mol. The summed E-state index contributed by atoms with van der Waals surface area (Å²) in [6.07, 6.45) is 2.07. The number of hydrogen-bond acceptors (Lipinski definition) is 3. The molecule has 2 N–H and O–H groups in total. The van der Waals surface area contributed by atoms with Crippen molar-refractivity contribution in [3.63, 3.8) is 0 Å². The van der Waals surface area contributed by atoms with Crippen LogP contribution in [0.2, 0.25) is 10.0 Å². The molecule has 0 unspecified atom stereocenters. The van der Waals surface area contributed by atoms with E-state index in [1.807, 2.05) is 6.07 Å². The normalized spacial score (nSPS) is 18.5. The van der Waals surface area contributed by atoms with Crippen LogP contribution in [-0.4, -0.2) is 36.2 Å². The minimum Gasteiger partial charge on any atom is -0.506 e. The average Bonchev–Trinajstić information content (AvgIpc) is 2.44. The smallest absolute Gasteiger partial charge is 0.140 e. The maximum Gasteiger partial charge on any atom is 0.140 e. The lowest BCUT2D eigenvalue weighted by Gasteiger charge is -2.35. The van der Waals surface area contributed by atoms with E-state index in [0.717, 1.165) is 44.6 Å². The maximum atomic E-state index is 10.2. The van der Waals surface area contributed by atoms with E-state index in [4.69, 9.17) is 23.2 Å². The van der Waals surface area contributed by atoms with Crippen molar-refractivity contribution >= 4 is 23.2 Å². The topological polar surface area (TPSA) is 35.5 Å². The highest BCUT2D eigenvalue weighted by molar-refractivity contribution is 6.43. The van der Waals surface area contributed by atoms with Crippen molar-refractivity contribution in [3.8, 4) is 5.75 Å². The van der Waals surface area contributed by atoms with Crippen molar-refractivity contribution in [1.29, 1.82) is 0 Å². The zero-order valence-corrected chi connectivity index (χ0v) is 12.6. The summed E-state index contributed by atoms with van der Waals surface area (Å²) < 4.78 is 0. The molecule has 0 saturated carbocycles. The van der Waals surface area contributed by atoms with Gasteiger partial charge in [-0.2, -0.15) is 0 Å². The van der Waals surface area contributed by atoms with E-state index in [-0.39, 0.29) is 16.8 Å². The molecule has 1 fully saturated rings. The lowest BCUT2D eigenvalue weighted by molar-refractivity contribution is 0.162. The highest BCUT2D eigenvalue weighted by atomic mass is 35.5. The van der Waals surface area contributed by atoms with Gasteiger partial charge in [0, 0.05) is 37.8 Å². The Balaban J connectivity index is 2.30. The van der Waals surface area contributed by atoms with Crippen molar-refractivity contribution < 1.29 is 5.11 Å². The maximum absolute atomic E-state index is 10.2. The molecule has 106 valence electrons. The Morgan fingerprint density at radius 1 is 1.32 bits per heavy atom. The third kappa shape index (κ3) is 3.34. The van der Waals surface area contributed by atoms with Crippen LogP contribution in [0.1, 0.15) is 31.4 Å². The van der Waals surface area contributed by atoms with Gasteiger partial charge in [0.05, 0.1) is 5.02 Å². The molecule has 3 nitrogen and oxygen atoms in total. The number of phenols is 1. The molecular weight excluding hydrogens is 283 g/mol. The molecule has 0 spiro atoms. The van der Waals surface area contributed by atoms with Crippen LogP contribution in [-0.2, 0) is 0 Å². The Labute approximate surface area is 124 Å². The van der Waals surface area contributed by atoms with Gasteiger partial charge in [0.2, 0.25) is 0 Å². The SMILES string of the molecule is CCC[C@H](c1ccc(Cl)c(Cl)c1O)N1CCNCC1. The van der Waals surface area contributed by atoms with Gasteiger partial charge < -0.3 is 10.4 Å². The predicted molar refractivity (Wildman–Crippen MR) is 80.2 cm³/mol. The molecule has 19 heavy (non-hydrogen) atoms. The fraction of sp³-hybridized carbons (Fsp3) is 0.571. The molecule has 0 aliphatic carbocycles. The lowest BCUT2D eigenvalue weighted by Crippen LogP contribution is -2.45. The quantitative estimate of drug-likeness (QED) is 0.894. The number of phenolic OH excluding ortho intramolecular Hbond substituents is 1. The van der Waals surface area contributed by atoms with Crippen LogP contribution in [0, 0.1) is 0 Å². The van der Waals surface area contributed by atoms with E-state index in [0.29, 0.717) is 5.02 Å². The van der Waals surface area contributed by atoms with Crippen LogP contribution in [0.3, 0.4) is 0 Å². The number of aromatic hydroxyl groups is 1. The summed E-state index contributed by atoms with van der Waals surface area (Å²) in [5, 5.41) is 14.3. The molecule has 0 amide bonds. The molecule has 0 aromatic heterocycles. The minimum absolute atomic E-state index is 0.131. The van der Waals surface area contributed by atoms with Gasteiger partial charge in [0.1, 0.15) is 10.8 Å². The predicted octanol–water partition coefficient (Wildman–Crippen LogP) is 3.45. The first-order chi connectivity index (χ1) is 9.15. The van der Waals surface area contributed by atoms with Crippen molar-refractivity contribution in [2.75, 3.05) is 26.2 Å². The number of benzene rings is 1. The molecule has 1 aliphatic rings. The van der Waals surface area contributed by atoms with Gasteiger partial charge in [-0.05, 0) is 12.5 Å². The molecule has 1 aromatic rings. The fourth-order valence-electron chi connectivity index (χ4n) is 2.63. The van der Waals surface area contributed by atoms with Gasteiger partial charge in [-0.25, -0.2) is 0 Å². The van der Waals surface area contributed by atoms with Crippen LogP contribution in [0.15, 0.2) is 12.1 Å². The van der Waals surface area contributed by atoms with Crippen LogP contribution >= 0.6 is 23.2 Å². The zero-order valence-electron chi connectivity index (χ0n) is 11.1. The van der Waals surface area contributed by atoms with E-state index in [2.05, 4.69) is 17.1 Å². The van der Waals surface area contributed by atoms with Gasteiger partial charge in [-0.3, -0.25) is 4.90 Å². The number of nitrogens with one attached hydrogen (secondary N) is 1. The molecule has 1 heterocycles. The van der Waals surface area contributed by atoms with E-state index in [1.54, 1.807) is 6.07 Å². The highest BCUT2D eigenvalue weighted by Gasteiger charge is 2.25. The van der Waals surface area contributed by atoms with Crippen LogP contribution < -0.4 is 5.32 Å². The highest BCUT2D eigenvalue weighted by Crippen LogP contribution is 2.40. The standard InChI is InChI=1S/C14H20Cl2N2O/c1-2-3-12(18-8-6-17-7-9-18)10-4-5-11(15)13(16)14(10)19/h4-5,12,17,19H,2-3,6-9H2,1H3/t12-/m1/s1. The third-order valence-corrected chi connectivity index (χ3v) is 4.41. The number of halogens is 2. The average molecular weight is 303 g/mol. The van der Waals surface area contributed by atoms with Gasteiger partial charge in [0.15, 0.2) is 0 Å². The Bertz CT molecular complexity index is 434. The summed E-state index contributed by atoms with van der Waals surface area (Å²) >= 11 is 12.0. The number of rotatable bonds is 4. The van der Waals surface area contributed by atoms with E-state index in [9.17, 15) is 5.11 Å². The molecule has 5 heteroatoms. The van der Waals surface area contributed by atoms with E-state index < -0.39 is 0 Å². The molecule has 0 bridgehead atoms. The molecular formula is C14H20Cl2N2O. The summed E-state index contributed by atoms with van der Waals surface area (Å²) in [5.74, 6) is 0.131. The Morgan fingerprint density at radius 3 is 2.63 bits per heavy atom. The second kappa shape index (κ2) is 6.80. The fourth-order valence-corrected chi connectivity index (χ4v) is 2.95. The zero-order chi connectivity index (χ0) is 13.8. The lowest BCUT2D eigenvalue weighted by atomic mass is 9.99. The van der Waals surface area contributed by atoms with Gasteiger partial charge in [-0.1, -0.05) is 42.6 Å². The summed E-state index contributed by atoms with van der Waals surface area (Å²) in [6.45, 7) is 6.11. The van der Waals surface area contributed by atoms with Crippen LogP contribution in [0.4, 0.5) is 0 Å². The van der Waals surface area contributed by atoms with E-state index >= 15 is 0 Å². The summed E-state index contributed by atoms with van der Waals surface area (Å²) in [5.41, 5.74) is 0.887. The van der Waals surface area contributed by atoms with Crippen molar-refractivity contribution in [2.24, 2.45) is 0 Å². The number of hydrogen-bond donors (Lipinski definition) is 2. The second-order valence-corrected chi connectivity index (χ2v) is 5.67. The van der Waals surface area contributed by atoms with Gasteiger partial charge >= 0.3 is 0 Å². The minimum atomic E-state index is 0.131. The Morgan fingerprint density at radius 2 is 2.00 bits per heavy atom. The van der Waals surface area contributed by atoms with E-state index in [1.165, 1.54) is 0 Å². The molecule has 0 radical (unpaired) electrons. The first-order valence-electron chi connectivity index (χ1n) is 6.76. The first kappa shape index (κ1) is 14.9. The first-order valence-corrected chi connectivity index (χ1v) is 7.52. The molecule has 2 rings (SSSR count). The molecule has 1 aromatic carbocycles. The summed E-state index contributed by atoms with van der Waals surface area (Å²) in [7, 11) is 0.